The Balaban J connectivity index is 2.15. The molecule has 0 saturated heterocycles. The first-order chi connectivity index (χ1) is 9.47. The molecule has 110 valence electrons. The van der Waals surface area contributed by atoms with Gasteiger partial charge in [-0.25, -0.2) is 0 Å². The van der Waals surface area contributed by atoms with Gasteiger partial charge in [-0.2, -0.15) is 5.10 Å². The minimum absolute atomic E-state index is 0.482. The van der Waals surface area contributed by atoms with Crippen molar-refractivity contribution < 1.29 is 4.42 Å². The average Bonchev–Trinajstić information content (AvgIpc) is 2.98. The summed E-state index contributed by atoms with van der Waals surface area (Å²) in [5.41, 5.74) is 2.30. The van der Waals surface area contributed by atoms with E-state index in [2.05, 4.69) is 36.8 Å². The summed E-state index contributed by atoms with van der Waals surface area (Å²) in [5, 5.41) is 4.43. The summed E-state index contributed by atoms with van der Waals surface area (Å²) in [6.07, 6.45) is 1.74. The van der Waals surface area contributed by atoms with Crippen LogP contribution in [0.4, 0.5) is 0 Å². The van der Waals surface area contributed by atoms with Crippen molar-refractivity contribution in [2.75, 3.05) is 0 Å². The van der Waals surface area contributed by atoms with E-state index in [0.717, 1.165) is 24.5 Å². The number of hydrogen-bond acceptors (Lipinski definition) is 3. The Morgan fingerprint density at radius 3 is 2.55 bits per heavy atom. The minimum atomic E-state index is 0.482. The van der Waals surface area contributed by atoms with Gasteiger partial charge in [0.15, 0.2) is 0 Å². The van der Waals surface area contributed by atoms with Crippen LogP contribution in [0.15, 0.2) is 28.9 Å². The first kappa shape index (κ1) is 14.9. The molecule has 0 spiro atoms. The smallest absolute Gasteiger partial charge is 0.117 e. The summed E-state index contributed by atoms with van der Waals surface area (Å²) < 4.78 is 7.47. The SMILES string of the molecule is Cc1cc(CN(Cc2ccco2)C(C)C(C)C)n(C)n1. The predicted molar refractivity (Wildman–Crippen MR) is 80.2 cm³/mol. The number of nitrogens with zero attached hydrogens (tertiary/aromatic N) is 3. The molecule has 0 saturated carbocycles. The van der Waals surface area contributed by atoms with Crippen molar-refractivity contribution in [3.8, 4) is 0 Å². The monoisotopic (exact) mass is 275 g/mol. The highest BCUT2D eigenvalue weighted by atomic mass is 16.3. The van der Waals surface area contributed by atoms with Gasteiger partial charge in [-0.05, 0) is 38.0 Å². The molecular formula is C16H25N3O. The van der Waals surface area contributed by atoms with Crippen LogP contribution in [0.25, 0.3) is 0 Å². The molecule has 0 aliphatic rings. The largest absolute Gasteiger partial charge is 0.468 e. The van der Waals surface area contributed by atoms with E-state index in [0.29, 0.717) is 12.0 Å². The van der Waals surface area contributed by atoms with Crippen molar-refractivity contribution in [2.24, 2.45) is 13.0 Å². The molecule has 0 bridgehead atoms. The van der Waals surface area contributed by atoms with E-state index in [1.54, 1.807) is 6.26 Å². The minimum Gasteiger partial charge on any atom is -0.468 e. The summed E-state index contributed by atoms with van der Waals surface area (Å²) in [4.78, 5) is 2.44. The number of furan rings is 1. The molecule has 2 rings (SSSR count). The molecule has 0 aliphatic carbocycles. The average molecular weight is 275 g/mol. The van der Waals surface area contributed by atoms with Gasteiger partial charge < -0.3 is 4.42 Å². The highest BCUT2D eigenvalue weighted by molar-refractivity contribution is 5.09. The van der Waals surface area contributed by atoms with Crippen molar-refractivity contribution in [2.45, 2.75) is 46.8 Å². The van der Waals surface area contributed by atoms with Crippen molar-refractivity contribution in [1.82, 2.24) is 14.7 Å². The van der Waals surface area contributed by atoms with Crippen LogP contribution < -0.4 is 0 Å². The van der Waals surface area contributed by atoms with Crippen molar-refractivity contribution in [1.29, 1.82) is 0 Å². The van der Waals surface area contributed by atoms with E-state index in [1.165, 1.54) is 5.69 Å². The molecular weight excluding hydrogens is 250 g/mol. The van der Waals surface area contributed by atoms with Crippen LogP contribution in [-0.2, 0) is 20.1 Å². The fourth-order valence-electron chi connectivity index (χ4n) is 2.39. The van der Waals surface area contributed by atoms with E-state index in [1.807, 2.05) is 30.8 Å². The van der Waals surface area contributed by atoms with Crippen molar-refractivity contribution >= 4 is 0 Å². The lowest BCUT2D eigenvalue weighted by Crippen LogP contribution is -2.36. The fourth-order valence-corrected chi connectivity index (χ4v) is 2.39. The molecule has 4 heteroatoms. The number of aryl methyl sites for hydroxylation is 2. The van der Waals surface area contributed by atoms with Gasteiger partial charge in [0.25, 0.3) is 0 Å². The van der Waals surface area contributed by atoms with Crippen LogP contribution in [0.2, 0.25) is 0 Å². The third-order valence-corrected chi connectivity index (χ3v) is 3.94. The van der Waals surface area contributed by atoms with Crippen LogP contribution >= 0.6 is 0 Å². The van der Waals surface area contributed by atoms with E-state index in [4.69, 9.17) is 4.42 Å². The van der Waals surface area contributed by atoms with Gasteiger partial charge in [0.05, 0.1) is 24.2 Å². The maximum Gasteiger partial charge on any atom is 0.117 e. The first-order valence-electron chi connectivity index (χ1n) is 7.23. The normalized spacial score (nSPS) is 13.3. The van der Waals surface area contributed by atoms with Crippen LogP contribution in [0.3, 0.4) is 0 Å². The Morgan fingerprint density at radius 2 is 2.05 bits per heavy atom. The number of hydrogen-bond donors (Lipinski definition) is 0. The molecule has 0 aliphatic heterocycles. The molecule has 2 heterocycles. The van der Waals surface area contributed by atoms with E-state index < -0.39 is 0 Å². The molecule has 20 heavy (non-hydrogen) atoms. The second-order valence-electron chi connectivity index (χ2n) is 5.87. The zero-order valence-corrected chi connectivity index (χ0v) is 13.1. The van der Waals surface area contributed by atoms with Crippen molar-refractivity contribution in [3.05, 3.63) is 41.6 Å². The summed E-state index contributed by atoms with van der Waals surface area (Å²) >= 11 is 0. The highest BCUT2D eigenvalue weighted by Gasteiger charge is 2.20. The second-order valence-corrected chi connectivity index (χ2v) is 5.87. The Hall–Kier alpha value is -1.55. The standard InChI is InChI=1S/C16H25N3O/c1-12(2)14(4)19(11-16-7-6-8-20-16)10-15-9-13(3)17-18(15)5/h6-9,12,14H,10-11H2,1-5H3. The third-order valence-electron chi connectivity index (χ3n) is 3.94. The van der Waals surface area contributed by atoms with Gasteiger partial charge in [0.2, 0.25) is 0 Å². The second kappa shape index (κ2) is 6.27. The highest BCUT2D eigenvalue weighted by Crippen LogP contribution is 2.18. The van der Waals surface area contributed by atoms with Gasteiger partial charge in [0, 0.05) is 19.6 Å². The molecule has 0 radical (unpaired) electrons. The van der Waals surface area contributed by atoms with Gasteiger partial charge in [0.1, 0.15) is 5.76 Å². The van der Waals surface area contributed by atoms with Crippen LogP contribution in [0.1, 0.15) is 37.9 Å². The van der Waals surface area contributed by atoms with E-state index in [9.17, 15) is 0 Å². The van der Waals surface area contributed by atoms with Crippen LogP contribution in [-0.4, -0.2) is 20.7 Å². The molecule has 4 nitrogen and oxygen atoms in total. The van der Waals surface area contributed by atoms with Gasteiger partial charge >= 0.3 is 0 Å². The lowest BCUT2D eigenvalue weighted by molar-refractivity contribution is 0.137. The number of rotatable bonds is 6. The molecule has 2 aromatic heterocycles. The molecule has 1 unspecified atom stereocenters. The van der Waals surface area contributed by atoms with Gasteiger partial charge in [-0.15, -0.1) is 0 Å². The number of aromatic nitrogens is 2. The van der Waals surface area contributed by atoms with E-state index in [-0.39, 0.29) is 0 Å². The Kier molecular flexibility index (Phi) is 4.65. The summed E-state index contributed by atoms with van der Waals surface area (Å²) in [7, 11) is 2.01. The lowest BCUT2D eigenvalue weighted by atomic mass is 10.0. The molecule has 0 fully saturated rings. The third kappa shape index (κ3) is 3.51. The first-order valence-corrected chi connectivity index (χ1v) is 7.23. The fraction of sp³-hybridized carbons (Fsp3) is 0.562. The van der Waals surface area contributed by atoms with Gasteiger partial charge in [-0.3, -0.25) is 9.58 Å². The van der Waals surface area contributed by atoms with E-state index >= 15 is 0 Å². The Morgan fingerprint density at radius 1 is 1.30 bits per heavy atom. The molecule has 2 aromatic rings. The molecule has 1 atom stereocenters. The van der Waals surface area contributed by atoms with Gasteiger partial charge in [-0.1, -0.05) is 13.8 Å². The summed E-state index contributed by atoms with van der Waals surface area (Å²) in [6.45, 7) is 10.5. The Bertz CT molecular complexity index is 528. The van der Waals surface area contributed by atoms with Crippen LogP contribution in [0, 0.1) is 12.8 Å². The summed E-state index contributed by atoms with van der Waals surface area (Å²) in [5.74, 6) is 1.61. The predicted octanol–water partition coefficient (Wildman–Crippen LogP) is 3.37. The summed E-state index contributed by atoms with van der Waals surface area (Å²) in [6, 6.07) is 6.62. The zero-order valence-electron chi connectivity index (χ0n) is 13.1. The maximum atomic E-state index is 5.50. The Labute approximate surface area is 121 Å². The lowest BCUT2D eigenvalue weighted by Gasteiger charge is -2.31. The molecule has 0 aromatic carbocycles. The topological polar surface area (TPSA) is 34.2 Å². The zero-order chi connectivity index (χ0) is 14.7. The van der Waals surface area contributed by atoms with Crippen molar-refractivity contribution in [3.63, 3.8) is 0 Å². The molecule has 0 N–H and O–H groups in total. The quantitative estimate of drug-likeness (QED) is 0.810. The molecule has 0 amide bonds. The maximum absolute atomic E-state index is 5.50. The van der Waals surface area contributed by atoms with Crippen LogP contribution in [0.5, 0.6) is 0 Å².